The summed E-state index contributed by atoms with van der Waals surface area (Å²) in [5, 5.41) is 5.65. The first-order valence-electron chi connectivity index (χ1n) is 6.98. The molecule has 1 saturated heterocycles. The summed E-state index contributed by atoms with van der Waals surface area (Å²) in [4.78, 5) is 11.7. The fourth-order valence-corrected chi connectivity index (χ4v) is 2.70. The molecule has 0 saturated carbocycles. The summed E-state index contributed by atoms with van der Waals surface area (Å²) in [5.74, 6) is 1.06. The predicted molar refractivity (Wildman–Crippen MR) is 93.0 cm³/mol. The van der Waals surface area contributed by atoms with E-state index in [9.17, 15) is 4.79 Å². The number of carbonyl (C=O) groups excluding carboxylic acids is 1. The van der Waals surface area contributed by atoms with Crippen LogP contribution in [-0.2, 0) is 4.79 Å². The molecule has 7 heteroatoms. The van der Waals surface area contributed by atoms with Gasteiger partial charge >= 0.3 is 0 Å². The minimum atomic E-state index is -0.245. The number of benzene rings is 1. The molecule has 118 valence electrons. The highest BCUT2D eigenvalue weighted by Crippen LogP contribution is 2.37. The molecule has 0 aromatic heterocycles. The molecule has 5 nitrogen and oxygen atoms in total. The molecule has 2 N–H and O–H groups in total. The van der Waals surface area contributed by atoms with Crippen LogP contribution in [0.1, 0.15) is 25.8 Å². The first kappa shape index (κ1) is 16.8. The Labute approximate surface area is 143 Å². The summed E-state index contributed by atoms with van der Waals surface area (Å²) in [6, 6.07) is 3.71. The van der Waals surface area contributed by atoms with E-state index in [1.54, 1.807) is 6.08 Å². The Kier molecular flexibility index (Phi) is 5.79. The second-order valence-corrected chi connectivity index (χ2v) is 5.84. The molecule has 0 spiro atoms. The van der Waals surface area contributed by atoms with Gasteiger partial charge in [-0.25, -0.2) is 0 Å². The molecule has 1 fully saturated rings. The molecule has 0 radical (unpaired) electrons. The van der Waals surface area contributed by atoms with Crippen LogP contribution in [0.4, 0.5) is 0 Å². The van der Waals surface area contributed by atoms with Crippen LogP contribution in [0.15, 0.2) is 22.3 Å². The van der Waals surface area contributed by atoms with Gasteiger partial charge in [0.2, 0.25) is 0 Å². The number of rotatable bonds is 6. The average molecular weight is 385 g/mol. The Morgan fingerprint density at radius 3 is 2.64 bits per heavy atom. The van der Waals surface area contributed by atoms with Crippen molar-refractivity contribution in [3.8, 4) is 11.5 Å². The summed E-state index contributed by atoms with van der Waals surface area (Å²) in [5.41, 5.74) is 1.21. The Balaban J connectivity index is 2.35. The molecule has 0 atom stereocenters. The molecule has 0 aliphatic carbocycles. The van der Waals surface area contributed by atoms with Crippen molar-refractivity contribution >= 4 is 45.2 Å². The number of nitrogens with one attached hydrogen (secondary N) is 2. The molecule has 1 amide bonds. The molecule has 1 aromatic rings. The van der Waals surface area contributed by atoms with Gasteiger partial charge < -0.3 is 14.8 Å². The van der Waals surface area contributed by atoms with E-state index in [-0.39, 0.29) is 5.91 Å². The van der Waals surface area contributed by atoms with Crippen LogP contribution >= 0.6 is 28.1 Å². The third kappa shape index (κ3) is 3.98. The van der Waals surface area contributed by atoms with Crippen molar-refractivity contribution in [3.63, 3.8) is 0 Å². The van der Waals surface area contributed by atoms with Gasteiger partial charge in [-0.05, 0) is 65.3 Å². The van der Waals surface area contributed by atoms with Gasteiger partial charge in [-0.1, -0.05) is 6.92 Å². The van der Waals surface area contributed by atoms with Crippen molar-refractivity contribution in [2.75, 3.05) is 13.2 Å². The minimum absolute atomic E-state index is 0.245. The van der Waals surface area contributed by atoms with Gasteiger partial charge in [0.1, 0.15) is 5.70 Å². The Bertz CT molecular complexity index is 631. The van der Waals surface area contributed by atoms with Crippen molar-refractivity contribution < 1.29 is 14.3 Å². The number of thiocarbonyl (C=S) groups is 1. The lowest BCUT2D eigenvalue weighted by molar-refractivity contribution is -0.115. The van der Waals surface area contributed by atoms with E-state index in [2.05, 4.69) is 26.6 Å². The minimum Gasteiger partial charge on any atom is -0.490 e. The van der Waals surface area contributed by atoms with Crippen molar-refractivity contribution in [3.05, 3.63) is 27.9 Å². The molecular weight excluding hydrogens is 368 g/mol. The predicted octanol–water partition coefficient (Wildman–Crippen LogP) is 2.98. The highest BCUT2D eigenvalue weighted by atomic mass is 79.9. The summed E-state index contributed by atoms with van der Waals surface area (Å²) in [6.45, 7) is 5.09. The molecular formula is C15H17BrN2O3S. The summed E-state index contributed by atoms with van der Waals surface area (Å²) in [6.07, 6.45) is 2.62. The number of hydrogen-bond acceptors (Lipinski definition) is 4. The molecule has 0 unspecified atom stereocenters. The van der Waals surface area contributed by atoms with E-state index in [0.29, 0.717) is 35.5 Å². The Morgan fingerprint density at radius 1 is 1.27 bits per heavy atom. The standard InChI is InChI=1S/C15H17BrN2O3S/c1-3-5-21-13-10(16)6-9(8-12(13)20-4-2)7-11-14(19)18-15(22)17-11/h6-8H,3-5H2,1-2H3,(H2,17,18,19,22). The summed E-state index contributed by atoms with van der Waals surface area (Å²) >= 11 is 8.41. The van der Waals surface area contributed by atoms with Gasteiger partial charge in [0, 0.05) is 0 Å². The van der Waals surface area contributed by atoms with E-state index < -0.39 is 0 Å². The van der Waals surface area contributed by atoms with Crippen molar-refractivity contribution in [1.29, 1.82) is 0 Å². The van der Waals surface area contributed by atoms with E-state index in [4.69, 9.17) is 21.7 Å². The van der Waals surface area contributed by atoms with Crippen LogP contribution in [0.5, 0.6) is 11.5 Å². The fourth-order valence-electron chi connectivity index (χ4n) is 1.93. The molecule has 1 heterocycles. The van der Waals surface area contributed by atoms with E-state index in [1.165, 1.54) is 0 Å². The van der Waals surface area contributed by atoms with Gasteiger partial charge in [-0.15, -0.1) is 0 Å². The Hall–Kier alpha value is -1.60. The molecule has 1 aliphatic heterocycles. The van der Waals surface area contributed by atoms with E-state index >= 15 is 0 Å². The SMILES string of the molecule is CCCOc1c(Br)cc(C=C2NC(=S)NC2=O)cc1OCC. The third-order valence-electron chi connectivity index (χ3n) is 2.81. The van der Waals surface area contributed by atoms with Crippen LogP contribution in [0.2, 0.25) is 0 Å². The summed E-state index contributed by atoms with van der Waals surface area (Å²) < 4.78 is 12.1. The number of halogens is 1. The average Bonchev–Trinajstić information content (AvgIpc) is 2.76. The van der Waals surface area contributed by atoms with Gasteiger partial charge in [0.15, 0.2) is 16.6 Å². The monoisotopic (exact) mass is 384 g/mol. The van der Waals surface area contributed by atoms with Crippen LogP contribution in [0.25, 0.3) is 6.08 Å². The van der Waals surface area contributed by atoms with E-state index in [0.717, 1.165) is 16.5 Å². The molecule has 2 rings (SSSR count). The largest absolute Gasteiger partial charge is 0.490 e. The second-order valence-electron chi connectivity index (χ2n) is 4.58. The quantitative estimate of drug-likeness (QED) is 0.583. The highest BCUT2D eigenvalue weighted by molar-refractivity contribution is 9.10. The zero-order valence-electron chi connectivity index (χ0n) is 12.4. The topological polar surface area (TPSA) is 59.6 Å². The summed E-state index contributed by atoms with van der Waals surface area (Å²) in [7, 11) is 0. The lowest BCUT2D eigenvalue weighted by atomic mass is 10.1. The molecule has 22 heavy (non-hydrogen) atoms. The Morgan fingerprint density at radius 2 is 2.05 bits per heavy atom. The zero-order valence-corrected chi connectivity index (χ0v) is 14.8. The smallest absolute Gasteiger partial charge is 0.273 e. The first-order valence-corrected chi connectivity index (χ1v) is 8.18. The van der Waals surface area contributed by atoms with Crippen molar-refractivity contribution in [2.24, 2.45) is 0 Å². The van der Waals surface area contributed by atoms with Gasteiger partial charge in [0.25, 0.3) is 5.91 Å². The van der Waals surface area contributed by atoms with Gasteiger partial charge in [-0.3, -0.25) is 10.1 Å². The van der Waals surface area contributed by atoms with E-state index in [1.807, 2.05) is 26.0 Å². The van der Waals surface area contributed by atoms with Crippen molar-refractivity contribution in [2.45, 2.75) is 20.3 Å². The lowest BCUT2D eigenvalue weighted by Crippen LogP contribution is -2.21. The second kappa shape index (κ2) is 7.60. The lowest BCUT2D eigenvalue weighted by Gasteiger charge is -2.14. The first-order chi connectivity index (χ1) is 10.5. The van der Waals surface area contributed by atoms with Crippen LogP contribution in [0, 0.1) is 0 Å². The highest BCUT2D eigenvalue weighted by Gasteiger charge is 2.20. The number of hydrogen-bond donors (Lipinski definition) is 2. The maximum absolute atomic E-state index is 11.7. The number of amides is 1. The van der Waals surface area contributed by atoms with Crippen LogP contribution in [0.3, 0.4) is 0 Å². The van der Waals surface area contributed by atoms with Gasteiger partial charge in [-0.2, -0.15) is 0 Å². The third-order valence-corrected chi connectivity index (χ3v) is 3.61. The normalized spacial score (nSPS) is 15.7. The maximum Gasteiger partial charge on any atom is 0.273 e. The van der Waals surface area contributed by atoms with Crippen molar-refractivity contribution in [1.82, 2.24) is 10.6 Å². The zero-order chi connectivity index (χ0) is 16.1. The molecule has 0 bridgehead atoms. The van der Waals surface area contributed by atoms with Crippen LogP contribution < -0.4 is 20.1 Å². The maximum atomic E-state index is 11.7. The number of ether oxygens (including phenoxy) is 2. The molecule has 1 aromatic carbocycles. The molecule has 1 aliphatic rings. The van der Waals surface area contributed by atoms with Gasteiger partial charge in [0.05, 0.1) is 17.7 Å². The fraction of sp³-hybridized carbons (Fsp3) is 0.333. The van der Waals surface area contributed by atoms with Crippen LogP contribution in [-0.4, -0.2) is 24.2 Å². The number of carbonyl (C=O) groups is 1.